The van der Waals surface area contributed by atoms with Gasteiger partial charge in [-0.3, -0.25) is 0 Å². The van der Waals surface area contributed by atoms with E-state index < -0.39 is 15.6 Å². The van der Waals surface area contributed by atoms with E-state index in [4.69, 9.17) is 9.05 Å². The van der Waals surface area contributed by atoms with Gasteiger partial charge in [0.2, 0.25) is 0 Å². The van der Waals surface area contributed by atoms with Crippen LogP contribution < -0.4 is 28.6 Å². The quantitative estimate of drug-likeness (QED) is 0.193. The third-order valence-corrected chi connectivity index (χ3v) is 15.4. The molecule has 0 saturated carbocycles. The molecule has 8 nitrogen and oxygen atoms in total. The molecule has 14 rings (SSSR count). The van der Waals surface area contributed by atoms with Gasteiger partial charge in [-0.15, -0.1) is 0 Å². The van der Waals surface area contributed by atoms with E-state index in [0.29, 0.717) is 35.1 Å². The highest BCUT2D eigenvalue weighted by Crippen LogP contribution is 2.72. The Morgan fingerprint density at radius 2 is 0.660 bits per heavy atom. The molecule has 0 radical (unpaired) electrons. The lowest BCUT2D eigenvalue weighted by Gasteiger charge is -2.42. The Bertz CT molecular complexity index is 2510. The second-order valence-corrected chi connectivity index (χ2v) is 18.7. The van der Waals surface area contributed by atoms with Crippen molar-refractivity contribution in [3.63, 3.8) is 0 Å². The summed E-state index contributed by atoms with van der Waals surface area (Å²) in [6.45, 7) is 0. The van der Waals surface area contributed by atoms with Crippen molar-refractivity contribution in [2.45, 2.75) is 79.4 Å². The van der Waals surface area contributed by atoms with Crippen LogP contribution >= 0.6 is 15.6 Å². The molecule has 0 aromatic heterocycles. The summed E-state index contributed by atoms with van der Waals surface area (Å²) in [6.07, 6.45) is 4.20. The van der Waals surface area contributed by atoms with E-state index in [1.807, 2.05) is 0 Å². The average molecular weight is 737 g/mol. The summed E-state index contributed by atoms with van der Waals surface area (Å²) < 4.78 is 36.4. The van der Waals surface area contributed by atoms with Gasteiger partial charge in [-0.1, -0.05) is 72.8 Å². The maximum atomic E-state index is 12.6. The van der Waals surface area contributed by atoms with Crippen LogP contribution in [-0.2, 0) is 9.13 Å². The third-order valence-electron chi connectivity index (χ3n) is 14.6. The highest BCUT2D eigenvalue weighted by Gasteiger charge is 2.55. The molecule has 0 N–H and O–H groups in total. The first kappa shape index (κ1) is 30.3. The van der Waals surface area contributed by atoms with Gasteiger partial charge < -0.3 is 37.8 Å². The molecule has 9 aliphatic rings. The van der Waals surface area contributed by atoms with E-state index >= 15 is 0 Å². The molecule has 0 heterocycles. The topological polar surface area (TPSA) is 145 Å². The lowest BCUT2D eigenvalue weighted by molar-refractivity contribution is -0.336. The van der Waals surface area contributed by atoms with Crippen LogP contribution in [0.5, 0.6) is 11.5 Å². The number of hydrogen-bond acceptors (Lipinski definition) is 8. The molecule has 8 bridgehead atoms. The fraction of sp³-hybridized carbons (Fsp3) is 0.302. The fourth-order valence-corrected chi connectivity index (χ4v) is 13.9. The van der Waals surface area contributed by atoms with E-state index in [1.165, 1.54) is 44.5 Å². The molecule has 53 heavy (non-hydrogen) atoms. The first-order valence-corrected chi connectivity index (χ1v) is 21.6. The molecule has 0 spiro atoms. The number of phosphoric ester groups is 2. The van der Waals surface area contributed by atoms with Crippen molar-refractivity contribution < 1.29 is 37.8 Å². The number of hydrogen-bond donors (Lipinski definition) is 0. The van der Waals surface area contributed by atoms with Crippen LogP contribution in [0.4, 0.5) is 0 Å². The maximum absolute atomic E-state index is 12.6. The van der Waals surface area contributed by atoms with Crippen LogP contribution in [0.3, 0.4) is 0 Å². The Labute approximate surface area is 305 Å². The number of rotatable bonds is 4. The predicted octanol–water partition coefficient (Wildman–Crippen LogP) is 6.42. The first-order valence-electron chi connectivity index (χ1n) is 18.7. The van der Waals surface area contributed by atoms with Gasteiger partial charge in [0, 0.05) is 69.6 Å². The van der Waals surface area contributed by atoms with Gasteiger partial charge in [0.05, 0.1) is 0 Å². The molecule has 0 amide bonds. The van der Waals surface area contributed by atoms with Crippen molar-refractivity contribution in [1.29, 1.82) is 0 Å². The summed E-state index contributed by atoms with van der Waals surface area (Å²) in [5.74, 6) is -0.246. The van der Waals surface area contributed by atoms with Crippen molar-refractivity contribution in [2.24, 2.45) is 0 Å². The minimum absolute atomic E-state index is 0.0237. The Kier molecular flexibility index (Phi) is 5.51. The molecule has 0 saturated heterocycles. The molecule has 0 fully saturated rings. The standard InChI is InChI=1S/C43H34O8P2/c44-52(45,46)50-42-38-34-16-35(31-13-27-23-10-9-22(26(27)12-30(31)34)18-5-1-2-6-19(18)23)39(38)43(51-53(47,48)49)41-37-17-36(40(41)42)32-14-28-24-11-25(29(28)15-33(32)37)21-8-4-3-7-20(21)24/h1-8,12-15,22-25,34-37H,9-11,16-17H2,(H2,44,45,46)(H2,47,48,49)/p-4/t22?,23?,24-,25?,34?,35?,36?,37?/m0/s1. The first-order chi connectivity index (χ1) is 25.5. The highest BCUT2D eigenvalue weighted by molar-refractivity contribution is 7.43. The maximum Gasteiger partial charge on any atom is 0.132 e. The van der Waals surface area contributed by atoms with Gasteiger partial charge in [0.15, 0.2) is 0 Å². The molecular weight excluding hydrogens is 706 g/mol. The van der Waals surface area contributed by atoms with Gasteiger partial charge in [-0.05, 0) is 98.9 Å². The molecule has 5 aromatic carbocycles. The summed E-state index contributed by atoms with van der Waals surface area (Å²) in [5.41, 5.74) is 16.7. The van der Waals surface area contributed by atoms with E-state index in [2.05, 4.69) is 72.8 Å². The van der Waals surface area contributed by atoms with Gasteiger partial charge in [0.25, 0.3) is 0 Å². The molecule has 0 aliphatic heterocycles. The van der Waals surface area contributed by atoms with Crippen molar-refractivity contribution in [3.05, 3.63) is 162 Å². The molecule has 8 atom stereocenters. The van der Waals surface area contributed by atoms with Crippen LogP contribution in [0.25, 0.3) is 0 Å². The normalized spacial score (nSPS) is 28.9. The SMILES string of the molecule is O=P([O-])([O-])Oc1c2c(c(OP(=O)([O-])[O-])c3c1C1CC3c3cc4c(cc31)C1C[C@H]4c3ccccc31)C1CC2c2cc3c(cc21)C1CCC3c2ccccc21. The Balaban J connectivity index is 1.03. The zero-order valence-electron chi connectivity index (χ0n) is 28.2. The summed E-state index contributed by atoms with van der Waals surface area (Å²) >= 11 is 0. The second-order valence-electron chi connectivity index (χ2n) is 16.6. The van der Waals surface area contributed by atoms with Crippen LogP contribution in [0.1, 0.15) is 168 Å². The average Bonchev–Trinajstić information content (AvgIpc) is 3.98. The highest BCUT2D eigenvalue weighted by atomic mass is 31.2. The number of fused-ring (bicyclic) bond motifs is 25. The molecule has 7 unspecified atom stereocenters. The zero-order valence-corrected chi connectivity index (χ0v) is 30.0. The molecule has 9 aliphatic carbocycles. The van der Waals surface area contributed by atoms with Crippen molar-refractivity contribution in [3.8, 4) is 11.5 Å². The summed E-state index contributed by atoms with van der Waals surface area (Å²) in [4.78, 5) is 50.6. The predicted molar refractivity (Wildman–Crippen MR) is 187 cm³/mol. The van der Waals surface area contributed by atoms with E-state index in [1.54, 1.807) is 0 Å². The molecular formula is C43H30O8P2-4. The monoisotopic (exact) mass is 736 g/mol. The minimum atomic E-state index is -5.56. The third kappa shape index (κ3) is 3.73. The second kappa shape index (κ2) is 9.62. The van der Waals surface area contributed by atoms with E-state index in [0.717, 1.165) is 41.5 Å². The van der Waals surface area contributed by atoms with Crippen LogP contribution in [0.15, 0.2) is 72.8 Å². The van der Waals surface area contributed by atoms with Crippen LogP contribution in [0, 0.1) is 0 Å². The molecule has 264 valence electrons. The number of benzene rings is 5. The van der Waals surface area contributed by atoms with Gasteiger partial charge in [0.1, 0.15) is 27.1 Å². The lowest BCUT2D eigenvalue weighted by Crippen LogP contribution is -2.26. The summed E-state index contributed by atoms with van der Waals surface area (Å²) in [6, 6.07) is 26.3. The smallest absolute Gasteiger partial charge is 0.132 e. The van der Waals surface area contributed by atoms with E-state index in [-0.39, 0.29) is 58.8 Å². The Hall–Kier alpha value is -4.00. The summed E-state index contributed by atoms with van der Waals surface area (Å²) in [7, 11) is -11.1. The van der Waals surface area contributed by atoms with Gasteiger partial charge in [-0.2, -0.15) is 0 Å². The van der Waals surface area contributed by atoms with Crippen molar-refractivity contribution in [1.82, 2.24) is 0 Å². The number of phosphoric acid groups is 2. The Morgan fingerprint density at radius 3 is 0.981 bits per heavy atom. The lowest BCUT2D eigenvalue weighted by atomic mass is 9.62. The molecule has 10 heteroatoms. The van der Waals surface area contributed by atoms with E-state index in [9.17, 15) is 28.7 Å². The molecule has 5 aromatic rings. The van der Waals surface area contributed by atoms with Crippen LogP contribution in [0.2, 0.25) is 0 Å². The minimum Gasteiger partial charge on any atom is -0.780 e. The van der Waals surface area contributed by atoms with Gasteiger partial charge in [-0.25, -0.2) is 0 Å². The van der Waals surface area contributed by atoms with Gasteiger partial charge >= 0.3 is 0 Å². The van der Waals surface area contributed by atoms with Crippen LogP contribution in [-0.4, -0.2) is 0 Å². The fourth-order valence-electron chi connectivity index (χ4n) is 13.1. The zero-order chi connectivity index (χ0) is 35.4. The van der Waals surface area contributed by atoms with Crippen molar-refractivity contribution >= 4 is 15.6 Å². The van der Waals surface area contributed by atoms with Crippen molar-refractivity contribution in [2.75, 3.05) is 0 Å². The summed E-state index contributed by atoms with van der Waals surface area (Å²) in [5, 5.41) is 0. The largest absolute Gasteiger partial charge is 0.780 e. The Morgan fingerprint density at radius 1 is 0.396 bits per heavy atom.